The van der Waals surface area contributed by atoms with Crippen LogP contribution in [0.25, 0.3) is 0 Å². The van der Waals surface area contributed by atoms with E-state index in [1.165, 1.54) is 6.07 Å². The molecule has 1 amide bonds. The van der Waals surface area contributed by atoms with Crippen LogP contribution in [0.1, 0.15) is 5.56 Å². The molecule has 2 aromatic carbocycles. The van der Waals surface area contributed by atoms with Gasteiger partial charge in [-0.3, -0.25) is 4.79 Å². The Morgan fingerprint density at radius 1 is 1.15 bits per heavy atom. The smallest absolute Gasteiger partial charge is 0.229 e. The molecular formula is C20H20FNO4. The number of benzene rings is 2. The molecule has 2 aliphatic rings. The van der Waals surface area contributed by atoms with Crippen LogP contribution in [0.4, 0.5) is 4.39 Å². The van der Waals surface area contributed by atoms with Crippen LogP contribution in [0.3, 0.4) is 0 Å². The lowest BCUT2D eigenvalue weighted by Crippen LogP contribution is -2.58. The Bertz CT molecular complexity index is 819. The molecular weight excluding hydrogens is 337 g/mol. The zero-order chi connectivity index (χ0) is 18.1. The van der Waals surface area contributed by atoms with Gasteiger partial charge in [0, 0.05) is 0 Å². The van der Waals surface area contributed by atoms with Crippen molar-refractivity contribution in [2.75, 3.05) is 26.8 Å². The lowest BCUT2D eigenvalue weighted by molar-refractivity contribution is -0.146. The Hall–Kier alpha value is -2.76. The Labute approximate surface area is 151 Å². The molecule has 2 aliphatic heterocycles. The van der Waals surface area contributed by atoms with E-state index in [1.54, 1.807) is 30.2 Å². The first-order valence-electron chi connectivity index (χ1n) is 8.64. The van der Waals surface area contributed by atoms with Gasteiger partial charge in [-0.25, -0.2) is 4.39 Å². The number of rotatable bonds is 4. The van der Waals surface area contributed by atoms with Gasteiger partial charge in [0.25, 0.3) is 0 Å². The molecule has 4 rings (SSSR count). The monoisotopic (exact) mass is 357 g/mol. The summed E-state index contributed by atoms with van der Waals surface area (Å²) >= 11 is 0. The summed E-state index contributed by atoms with van der Waals surface area (Å²) < 4.78 is 30.3. The van der Waals surface area contributed by atoms with Gasteiger partial charge < -0.3 is 19.1 Å². The second-order valence-corrected chi connectivity index (χ2v) is 6.57. The molecule has 1 atom stereocenters. The van der Waals surface area contributed by atoms with Gasteiger partial charge in [-0.15, -0.1) is 0 Å². The van der Waals surface area contributed by atoms with Crippen LogP contribution < -0.4 is 14.2 Å². The molecule has 0 spiro atoms. The molecule has 2 heterocycles. The normalized spacial score (nSPS) is 19.2. The summed E-state index contributed by atoms with van der Waals surface area (Å²) in [5, 5.41) is 0. The second-order valence-electron chi connectivity index (χ2n) is 6.57. The highest BCUT2D eigenvalue weighted by Crippen LogP contribution is 2.36. The predicted octanol–water partition coefficient (Wildman–Crippen LogP) is 2.68. The van der Waals surface area contributed by atoms with Crippen LogP contribution in [0.5, 0.6) is 17.2 Å². The van der Waals surface area contributed by atoms with Crippen molar-refractivity contribution in [3.63, 3.8) is 0 Å². The minimum atomic E-state index is -0.386. The fraction of sp³-hybridized carbons (Fsp3) is 0.350. The average Bonchev–Trinajstić information content (AvgIpc) is 2.64. The number of para-hydroxylation sites is 2. The second kappa shape index (κ2) is 6.86. The van der Waals surface area contributed by atoms with E-state index in [4.69, 9.17) is 14.2 Å². The lowest BCUT2D eigenvalue weighted by atomic mass is 9.94. The number of halogens is 1. The van der Waals surface area contributed by atoms with Crippen molar-refractivity contribution in [1.29, 1.82) is 0 Å². The molecule has 26 heavy (non-hydrogen) atoms. The summed E-state index contributed by atoms with van der Waals surface area (Å²) in [7, 11) is 1.60. The highest BCUT2D eigenvalue weighted by molar-refractivity contribution is 5.80. The van der Waals surface area contributed by atoms with Crippen LogP contribution in [-0.2, 0) is 11.2 Å². The highest BCUT2D eigenvalue weighted by Gasteiger charge is 2.38. The first kappa shape index (κ1) is 16.7. The topological polar surface area (TPSA) is 48.0 Å². The standard InChI is InChI=1S/C20H20FNO4/c1-24-18-8-4-5-13-9-14(12-25-19(13)18)20(23)22-10-15(11-22)26-17-7-3-2-6-16(17)21/h2-8,14-15H,9-12H2,1H3/t14-/m0/s1. The quantitative estimate of drug-likeness (QED) is 0.844. The summed E-state index contributed by atoms with van der Waals surface area (Å²) in [6.07, 6.45) is 0.452. The molecule has 136 valence electrons. The minimum absolute atomic E-state index is 0.0480. The lowest BCUT2D eigenvalue weighted by Gasteiger charge is -2.41. The van der Waals surface area contributed by atoms with Gasteiger partial charge in [0.05, 0.1) is 26.1 Å². The third-order valence-electron chi connectivity index (χ3n) is 4.81. The van der Waals surface area contributed by atoms with Gasteiger partial charge in [-0.05, 0) is 30.2 Å². The van der Waals surface area contributed by atoms with Crippen LogP contribution in [0.15, 0.2) is 42.5 Å². The molecule has 0 N–H and O–H groups in total. The third-order valence-corrected chi connectivity index (χ3v) is 4.81. The zero-order valence-electron chi connectivity index (χ0n) is 14.5. The van der Waals surface area contributed by atoms with Crippen molar-refractivity contribution in [2.24, 2.45) is 5.92 Å². The number of hydrogen-bond acceptors (Lipinski definition) is 4. The number of hydrogen-bond donors (Lipinski definition) is 0. The number of carbonyl (C=O) groups is 1. The summed E-state index contributed by atoms with van der Waals surface area (Å²) in [5.41, 5.74) is 0.980. The number of likely N-dealkylation sites (tertiary alicyclic amines) is 1. The maximum atomic E-state index is 13.6. The Balaban J connectivity index is 1.34. The van der Waals surface area contributed by atoms with Gasteiger partial charge >= 0.3 is 0 Å². The zero-order valence-corrected chi connectivity index (χ0v) is 14.5. The van der Waals surface area contributed by atoms with Gasteiger partial charge in [0.1, 0.15) is 12.7 Å². The highest BCUT2D eigenvalue weighted by atomic mass is 19.1. The van der Waals surface area contributed by atoms with Crippen molar-refractivity contribution in [3.05, 3.63) is 53.8 Å². The molecule has 2 aromatic rings. The van der Waals surface area contributed by atoms with E-state index in [0.29, 0.717) is 31.9 Å². The van der Waals surface area contributed by atoms with Gasteiger partial charge in [-0.2, -0.15) is 0 Å². The van der Waals surface area contributed by atoms with Crippen molar-refractivity contribution in [3.8, 4) is 17.2 Å². The molecule has 0 aromatic heterocycles. The average molecular weight is 357 g/mol. The SMILES string of the molecule is COc1cccc2c1OC[C@@H](C(=O)N1CC(Oc3ccccc3F)C1)C2. The van der Waals surface area contributed by atoms with E-state index in [1.807, 2.05) is 18.2 Å². The fourth-order valence-corrected chi connectivity index (χ4v) is 3.38. The Kier molecular flexibility index (Phi) is 4.41. The number of ether oxygens (including phenoxy) is 3. The van der Waals surface area contributed by atoms with Gasteiger partial charge in [0.15, 0.2) is 23.1 Å². The first-order valence-corrected chi connectivity index (χ1v) is 8.64. The summed E-state index contributed by atoms with van der Waals surface area (Å²) in [6, 6.07) is 12.0. The molecule has 1 saturated heterocycles. The van der Waals surface area contributed by atoms with Gasteiger partial charge in [-0.1, -0.05) is 24.3 Å². The van der Waals surface area contributed by atoms with Gasteiger partial charge in [0.2, 0.25) is 5.91 Å². The van der Waals surface area contributed by atoms with Crippen molar-refractivity contribution in [1.82, 2.24) is 4.90 Å². The summed E-state index contributed by atoms with van der Waals surface area (Å²) in [4.78, 5) is 14.4. The number of nitrogens with zero attached hydrogens (tertiary/aromatic N) is 1. The number of amides is 1. The molecule has 0 bridgehead atoms. The van der Waals surface area contributed by atoms with E-state index < -0.39 is 0 Å². The molecule has 0 unspecified atom stereocenters. The molecule has 5 nitrogen and oxygen atoms in total. The van der Waals surface area contributed by atoms with Crippen LogP contribution in [0.2, 0.25) is 0 Å². The number of carbonyl (C=O) groups excluding carboxylic acids is 1. The maximum Gasteiger partial charge on any atom is 0.229 e. The molecule has 0 radical (unpaired) electrons. The third kappa shape index (κ3) is 3.07. The maximum absolute atomic E-state index is 13.6. The van der Waals surface area contributed by atoms with Crippen molar-refractivity contribution >= 4 is 5.91 Å². The number of fused-ring (bicyclic) bond motifs is 1. The molecule has 6 heteroatoms. The summed E-state index contributed by atoms with van der Waals surface area (Å²) in [5.74, 6) is 1.09. The van der Waals surface area contributed by atoms with E-state index >= 15 is 0 Å². The van der Waals surface area contributed by atoms with E-state index in [2.05, 4.69) is 0 Å². The van der Waals surface area contributed by atoms with E-state index in [-0.39, 0.29) is 29.5 Å². The fourth-order valence-electron chi connectivity index (χ4n) is 3.38. The van der Waals surface area contributed by atoms with Crippen molar-refractivity contribution < 1.29 is 23.4 Å². The largest absolute Gasteiger partial charge is 0.493 e. The van der Waals surface area contributed by atoms with Crippen LogP contribution >= 0.6 is 0 Å². The van der Waals surface area contributed by atoms with Crippen LogP contribution in [0, 0.1) is 11.7 Å². The summed E-state index contributed by atoms with van der Waals surface area (Å²) in [6.45, 7) is 1.27. The molecule has 0 aliphatic carbocycles. The minimum Gasteiger partial charge on any atom is -0.493 e. The van der Waals surface area contributed by atoms with Crippen LogP contribution in [-0.4, -0.2) is 43.7 Å². The van der Waals surface area contributed by atoms with E-state index in [9.17, 15) is 9.18 Å². The Morgan fingerprint density at radius 2 is 1.92 bits per heavy atom. The first-order chi connectivity index (χ1) is 12.7. The number of methoxy groups -OCH3 is 1. The Morgan fingerprint density at radius 3 is 2.69 bits per heavy atom. The van der Waals surface area contributed by atoms with E-state index in [0.717, 1.165) is 11.3 Å². The molecule has 1 fully saturated rings. The predicted molar refractivity (Wildman–Crippen MR) is 93.1 cm³/mol. The molecule has 0 saturated carbocycles. The van der Waals surface area contributed by atoms with Crippen molar-refractivity contribution in [2.45, 2.75) is 12.5 Å².